The van der Waals surface area contributed by atoms with Gasteiger partial charge in [0, 0.05) is 12.8 Å². The summed E-state index contributed by atoms with van der Waals surface area (Å²) in [6.07, 6.45) is 1.54. The van der Waals surface area contributed by atoms with Gasteiger partial charge in [-0.15, -0.1) is 0 Å². The first kappa shape index (κ1) is 40.2. The molecule has 4 amide bonds. The molecule has 274 valence electrons. The third-order valence-corrected chi connectivity index (χ3v) is 8.37. The van der Waals surface area contributed by atoms with Crippen LogP contribution in [0.3, 0.4) is 0 Å². The van der Waals surface area contributed by atoms with E-state index in [-0.39, 0.29) is 31.4 Å². The molecule has 3 rings (SSSR count). The van der Waals surface area contributed by atoms with Gasteiger partial charge in [0.15, 0.2) is 0 Å². The first-order chi connectivity index (χ1) is 24.4. The Hall–Kier alpha value is -5.27. The molecule has 0 saturated carbocycles. The summed E-state index contributed by atoms with van der Waals surface area (Å²) in [6.45, 7) is 3.81. The molecular formula is C38H50N6O7. The normalized spacial score (nSPS) is 14.0. The molecule has 0 unspecified atom stereocenters. The predicted molar refractivity (Wildman–Crippen MR) is 193 cm³/mol. The van der Waals surface area contributed by atoms with Gasteiger partial charge in [-0.3, -0.25) is 19.2 Å². The number of aromatic hydroxyl groups is 1. The summed E-state index contributed by atoms with van der Waals surface area (Å²) in [5, 5.41) is 30.2. The zero-order chi connectivity index (χ0) is 37.3. The largest absolute Gasteiger partial charge is 0.508 e. The fraction of sp³-hybridized carbons (Fsp3) is 0.395. The molecular weight excluding hydrogens is 652 g/mol. The van der Waals surface area contributed by atoms with E-state index in [1.54, 1.807) is 26.0 Å². The third kappa shape index (κ3) is 13.5. The maximum Gasteiger partial charge on any atom is 0.326 e. The highest BCUT2D eigenvalue weighted by Crippen LogP contribution is 2.14. The smallest absolute Gasteiger partial charge is 0.326 e. The first-order valence-electron chi connectivity index (χ1n) is 17.1. The number of hydrogen-bond acceptors (Lipinski definition) is 8. The molecule has 0 aliphatic carbocycles. The number of phenolic OH excluding ortho intramolecular Hbond substituents is 1. The van der Waals surface area contributed by atoms with Gasteiger partial charge in [-0.25, -0.2) is 4.79 Å². The van der Waals surface area contributed by atoms with E-state index in [0.717, 1.165) is 11.1 Å². The summed E-state index contributed by atoms with van der Waals surface area (Å²) < 4.78 is 0. The van der Waals surface area contributed by atoms with E-state index in [2.05, 4.69) is 21.3 Å². The van der Waals surface area contributed by atoms with Crippen LogP contribution in [0.5, 0.6) is 5.75 Å². The quantitative estimate of drug-likeness (QED) is 0.0799. The Bertz CT molecular complexity index is 1570. The molecule has 5 atom stereocenters. The minimum absolute atomic E-state index is 0.00962. The summed E-state index contributed by atoms with van der Waals surface area (Å²) in [5.41, 5.74) is 14.0. The van der Waals surface area contributed by atoms with Gasteiger partial charge in [0.2, 0.25) is 23.6 Å². The second-order valence-corrected chi connectivity index (χ2v) is 12.9. The SMILES string of the molecule is CC(C)[C@H](NC(=O)[C@H](Cc1ccccc1)NC(=O)[C@@H](N)Cc1ccccc1)C(=O)N[C@@H](Cc1ccc(O)cc1)C(=O)N[C@@H](CCCCN)C(=O)O. The summed E-state index contributed by atoms with van der Waals surface area (Å²) in [6, 6.07) is 18.8. The van der Waals surface area contributed by atoms with E-state index >= 15 is 0 Å². The van der Waals surface area contributed by atoms with Crippen molar-refractivity contribution in [2.24, 2.45) is 17.4 Å². The van der Waals surface area contributed by atoms with Gasteiger partial charge < -0.3 is 42.9 Å². The van der Waals surface area contributed by atoms with Crippen molar-refractivity contribution in [1.82, 2.24) is 21.3 Å². The number of carbonyl (C=O) groups excluding carboxylic acids is 4. The molecule has 13 heteroatoms. The molecule has 0 aromatic heterocycles. The molecule has 3 aromatic rings. The number of benzene rings is 3. The van der Waals surface area contributed by atoms with Crippen molar-refractivity contribution >= 4 is 29.6 Å². The van der Waals surface area contributed by atoms with Crippen molar-refractivity contribution in [3.63, 3.8) is 0 Å². The number of aliphatic carboxylic acids is 1. The van der Waals surface area contributed by atoms with Gasteiger partial charge >= 0.3 is 5.97 Å². The van der Waals surface area contributed by atoms with E-state index in [9.17, 15) is 34.2 Å². The van der Waals surface area contributed by atoms with Crippen LogP contribution in [0.15, 0.2) is 84.9 Å². The molecule has 0 fully saturated rings. The number of amides is 4. The number of hydrogen-bond donors (Lipinski definition) is 8. The average molecular weight is 703 g/mol. The number of unbranched alkanes of at least 4 members (excludes halogenated alkanes) is 1. The van der Waals surface area contributed by atoms with Crippen molar-refractivity contribution in [2.45, 2.75) is 82.6 Å². The number of carboxylic acids is 1. The average Bonchev–Trinajstić information content (AvgIpc) is 3.10. The van der Waals surface area contributed by atoms with E-state index in [1.807, 2.05) is 60.7 Å². The molecule has 10 N–H and O–H groups in total. The number of carboxylic acid groups (broad SMARTS) is 1. The fourth-order valence-corrected chi connectivity index (χ4v) is 5.45. The number of phenols is 1. The lowest BCUT2D eigenvalue weighted by Gasteiger charge is -2.28. The Morgan fingerprint density at radius 1 is 0.608 bits per heavy atom. The Labute approximate surface area is 298 Å². The van der Waals surface area contributed by atoms with Crippen LogP contribution in [0, 0.1) is 5.92 Å². The van der Waals surface area contributed by atoms with Crippen molar-refractivity contribution in [1.29, 1.82) is 0 Å². The van der Waals surface area contributed by atoms with Crippen molar-refractivity contribution in [2.75, 3.05) is 6.54 Å². The lowest BCUT2D eigenvalue weighted by atomic mass is 9.99. The minimum atomic E-state index is -1.23. The van der Waals surface area contributed by atoms with Crippen LogP contribution in [-0.2, 0) is 43.2 Å². The summed E-state index contributed by atoms with van der Waals surface area (Å²) in [4.78, 5) is 66.4. The van der Waals surface area contributed by atoms with Gasteiger partial charge in [-0.05, 0) is 67.0 Å². The second-order valence-electron chi connectivity index (χ2n) is 12.9. The summed E-state index contributed by atoms with van der Waals surface area (Å²) in [7, 11) is 0. The van der Waals surface area contributed by atoms with Gasteiger partial charge in [0.25, 0.3) is 0 Å². The van der Waals surface area contributed by atoms with E-state index in [1.165, 1.54) is 12.1 Å². The highest BCUT2D eigenvalue weighted by Gasteiger charge is 2.33. The van der Waals surface area contributed by atoms with Gasteiger partial charge in [0.05, 0.1) is 6.04 Å². The topological polar surface area (TPSA) is 226 Å². The minimum Gasteiger partial charge on any atom is -0.508 e. The standard InChI is InChI=1S/C38H50N6O7/c1-24(2)33(37(49)43-31(23-27-16-18-28(45)19-17-27)35(47)41-30(38(50)51)15-9-10-20-39)44-36(48)32(22-26-13-7-4-8-14-26)42-34(46)29(40)21-25-11-5-3-6-12-25/h3-8,11-14,16-19,24,29-33,45H,9-10,15,20-23,39-40H2,1-2H3,(H,41,47)(H,42,46)(H,43,49)(H,44,48)(H,50,51)/t29-,30-,31-,32-,33-/m0/s1. The zero-order valence-corrected chi connectivity index (χ0v) is 29.1. The van der Waals surface area contributed by atoms with Crippen LogP contribution in [0.25, 0.3) is 0 Å². The van der Waals surface area contributed by atoms with Gasteiger partial charge in [-0.1, -0.05) is 86.6 Å². The maximum absolute atomic E-state index is 13.8. The van der Waals surface area contributed by atoms with Crippen LogP contribution < -0.4 is 32.7 Å². The van der Waals surface area contributed by atoms with E-state index in [4.69, 9.17) is 11.5 Å². The number of rotatable bonds is 20. The van der Waals surface area contributed by atoms with Crippen molar-refractivity contribution in [3.8, 4) is 5.75 Å². The molecule has 0 radical (unpaired) electrons. The van der Waals surface area contributed by atoms with E-state index in [0.29, 0.717) is 24.9 Å². The van der Waals surface area contributed by atoms with Crippen LogP contribution >= 0.6 is 0 Å². The van der Waals surface area contributed by atoms with Crippen molar-refractivity contribution < 1.29 is 34.2 Å². The molecule has 0 bridgehead atoms. The number of nitrogens with one attached hydrogen (secondary N) is 4. The van der Waals surface area contributed by atoms with Crippen LogP contribution in [0.1, 0.15) is 49.8 Å². The van der Waals surface area contributed by atoms with Crippen LogP contribution in [-0.4, -0.2) is 76.6 Å². The number of nitrogens with two attached hydrogens (primary N) is 2. The predicted octanol–water partition coefficient (Wildman–Crippen LogP) is 1.56. The Balaban J connectivity index is 1.81. The fourth-order valence-electron chi connectivity index (χ4n) is 5.45. The van der Waals surface area contributed by atoms with Gasteiger partial charge in [0.1, 0.15) is 29.9 Å². The lowest BCUT2D eigenvalue weighted by Crippen LogP contribution is -2.60. The third-order valence-electron chi connectivity index (χ3n) is 8.37. The molecule has 51 heavy (non-hydrogen) atoms. The Kier molecular flexibility index (Phi) is 16.1. The summed E-state index contributed by atoms with van der Waals surface area (Å²) in [5.74, 6) is -4.25. The molecule has 0 saturated heterocycles. The first-order valence-corrected chi connectivity index (χ1v) is 17.1. The highest BCUT2D eigenvalue weighted by molar-refractivity contribution is 5.95. The van der Waals surface area contributed by atoms with Gasteiger partial charge in [-0.2, -0.15) is 0 Å². The van der Waals surface area contributed by atoms with Crippen LogP contribution in [0.2, 0.25) is 0 Å². The monoisotopic (exact) mass is 702 g/mol. The Morgan fingerprint density at radius 2 is 1.08 bits per heavy atom. The highest BCUT2D eigenvalue weighted by atomic mass is 16.4. The Morgan fingerprint density at radius 3 is 1.59 bits per heavy atom. The maximum atomic E-state index is 13.8. The van der Waals surface area contributed by atoms with Crippen LogP contribution in [0.4, 0.5) is 0 Å². The zero-order valence-electron chi connectivity index (χ0n) is 29.1. The second kappa shape index (κ2) is 20.4. The molecule has 0 spiro atoms. The molecule has 0 heterocycles. The van der Waals surface area contributed by atoms with Crippen molar-refractivity contribution in [3.05, 3.63) is 102 Å². The number of carbonyl (C=O) groups is 5. The molecule has 0 aliphatic heterocycles. The summed E-state index contributed by atoms with van der Waals surface area (Å²) >= 11 is 0. The molecule has 13 nitrogen and oxygen atoms in total. The molecule has 3 aromatic carbocycles. The van der Waals surface area contributed by atoms with E-state index < -0.39 is 65.7 Å². The lowest BCUT2D eigenvalue weighted by molar-refractivity contribution is -0.142. The molecule has 0 aliphatic rings.